The third-order valence-corrected chi connectivity index (χ3v) is 4.82. The summed E-state index contributed by atoms with van der Waals surface area (Å²) in [5.41, 5.74) is 6.34. The zero-order valence-corrected chi connectivity index (χ0v) is 13.7. The molecule has 2 aliphatic heterocycles. The van der Waals surface area contributed by atoms with Gasteiger partial charge in [0.1, 0.15) is 11.9 Å². The number of urea groups is 1. The largest absolute Gasteiger partial charge is 0.370 e. The SMILES string of the molecule is NC(=O)N1CCCC1C(=O)N1CCCN(c2ccc(F)cc2)CC1. The van der Waals surface area contributed by atoms with E-state index in [1.807, 2.05) is 4.90 Å². The molecule has 2 heterocycles. The number of carbonyl (C=O) groups is 2. The molecule has 1 unspecified atom stereocenters. The first-order valence-electron chi connectivity index (χ1n) is 8.41. The van der Waals surface area contributed by atoms with Gasteiger partial charge >= 0.3 is 6.03 Å². The molecule has 2 fully saturated rings. The summed E-state index contributed by atoms with van der Waals surface area (Å²) >= 11 is 0. The molecule has 2 saturated heterocycles. The van der Waals surface area contributed by atoms with Crippen LogP contribution in [0.4, 0.5) is 14.9 Å². The predicted molar refractivity (Wildman–Crippen MR) is 89.1 cm³/mol. The van der Waals surface area contributed by atoms with Crippen LogP contribution < -0.4 is 10.6 Å². The lowest BCUT2D eigenvalue weighted by Crippen LogP contribution is -2.50. The summed E-state index contributed by atoms with van der Waals surface area (Å²) in [6, 6.07) is 5.49. The molecule has 0 aromatic heterocycles. The van der Waals surface area contributed by atoms with Crippen molar-refractivity contribution in [2.75, 3.05) is 37.6 Å². The molecule has 0 spiro atoms. The summed E-state index contributed by atoms with van der Waals surface area (Å²) in [4.78, 5) is 29.7. The number of carbonyl (C=O) groups excluding carboxylic acids is 2. The van der Waals surface area contributed by atoms with E-state index in [9.17, 15) is 14.0 Å². The van der Waals surface area contributed by atoms with Crippen LogP contribution in [-0.2, 0) is 4.79 Å². The maximum absolute atomic E-state index is 13.1. The van der Waals surface area contributed by atoms with E-state index in [0.29, 0.717) is 32.6 Å². The van der Waals surface area contributed by atoms with Gasteiger partial charge in [0.15, 0.2) is 0 Å². The van der Waals surface area contributed by atoms with Crippen molar-refractivity contribution >= 4 is 17.6 Å². The second-order valence-electron chi connectivity index (χ2n) is 6.33. The highest BCUT2D eigenvalue weighted by Crippen LogP contribution is 2.21. The summed E-state index contributed by atoms with van der Waals surface area (Å²) in [5, 5.41) is 0. The van der Waals surface area contributed by atoms with Gasteiger partial charge in [-0.1, -0.05) is 0 Å². The number of anilines is 1. The van der Waals surface area contributed by atoms with Crippen molar-refractivity contribution in [1.29, 1.82) is 0 Å². The van der Waals surface area contributed by atoms with Crippen molar-refractivity contribution < 1.29 is 14.0 Å². The standard InChI is InChI=1S/C17H23FN4O2/c18-13-4-6-14(7-5-13)20-8-2-9-21(12-11-20)16(23)15-3-1-10-22(15)17(19)24/h4-7,15H,1-3,8-12H2,(H2,19,24). The van der Waals surface area contributed by atoms with E-state index in [-0.39, 0.29) is 11.7 Å². The molecule has 130 valence electrons. The molecule has 6 nitrogen and oxygen atoms in total. The number of primary amides is 1. The van der Waals surface area contributed by atoms with Gasteiger partial charge < -0.3 is 20.4 Å². The number of rotatable bonds is 2. The van der Waals surface area contributed by atoms with Gasteiger partial charge in [-0.3, -0.25) is 4.79 Å². The Morgan fingerprint density at radius 3 is 2.46 bits per heavy atom. The molecule has 0 saturated carbocycles. The second-order valence-corrected chi connectivity index (χ2v) is 6.33. The van der Waals surface area contributed by atoms with Crippen molar-refractivity contribution in [3.8, 4) is 0 Å². The zero-order valence-electron chi connectivity index (χ0n) is 13.7. The van der Waals surface area contributed by atoms with E-state index < -0.39 is 12.1 Å². The summed E-state index contributed by atoms with van der Waals surface area (Å²) in [5.74, 6) is -0.259. The van der Waals surface area contributed by atoms with Crippen LogP contribution in [0.3, 0.4) is 0 Å². The Bertz CT molecular complexity index is 607. The monoisotopic (exact) mass is 334 g/mol. The minimum Gasteiger partial charge on any atom is -0.370 e. The van der Waals surface area contributed by atoms with Crippen LogP contribution in [0, 0.1) is 5.82 Å². The van der Waals surface area contributed by atoms with Gasteiger partial charge in [0.05, 0.1) is 0 Å². The molecule has 2 N–H and O–H groups in total. The van der Waals surface area contributed by atoms with Crippen molar-refractivity contribution in [2.45, 2.75) is 25.3 Å². The highest BCUT2D eigenvalue weighted by Gasteiger charge is 2.36. The van der Waals surface area contributed by atoms with Crippen molar-refractivity contribution in [1.82, 2.24) is 9.80 Å². The third-order valence-electron chi connectivity index (χ3n) is 4.82. The number of nitrogens with two attached hydrogens (primary N) is 1. The molecule has 0 radical (unpaired) electrons. The van der Waals surface area contributed by atoms with Crippen LogP contribution in [0.5, 0.6) is 0 Å². The molecule has 1 atom stereocenters. The number of nitrogens with zero attached hydrogens (tertiary/aromatic N) is 3. The Balaban J connectivity index is 1.63. The van der Waals surface area contributed by atoms with E-state index in [1.165, 1.54) is 17.0 Å². The fourth-order valence-corrected chi connectivity index (χ4v) is 3.55. The predicted octanol–water partition coefficient (Wildman–Crippen LogP) is 1.41. The molecule has 1 aromatic carbocycles. The first-order valence-corrected chi connectivity index (χ1v) is 8.41. The Hall–Kier alpha value is -2.31. The van der Waals surface area contributed by atoms with Crippen molar-refractivity contribution in [3.05, 3.63) is 30.1 Å². The molecule has 24 heavy (non-hydrogen) atoms. The fraction of sp³-hybridized carbons (Fsp3) is 0.529. The number of benzene rings is 1. The van der Waals surface area contributed by atoms with Crippen molar-refractivity contribution in [2.24, 2.45) is 5.73 Å². The van der Waals surface area contributed by atoms with Gasteiger partial charge in [0.25, 0.3) is 0 Å². The molecule has 0 bridgehead atoms. The van der Waals surface area contributed by atoms with Crippen LogP contribution >= 0.6 is 0 Å². The summed E-state index contributed by atoms with van der Waals surface area (Å²) in [7, 11) is 0. The van der Waals surface area contributed by atoms with Crippen LogP contribution in [0.2, 0.25) is 0 Å². The number of hydrogen-bond donors (Lipinski definition) is 1. The molecule has 7 heteroatoms. The minimum atomic E-state index is -0.520. The van der Waals surface area contributed by atoms with Crippen LogP contribution in [0.15, 0.2) is 24.3 Å². The first kappa shape index (κ1) is 16.5. The van der Waals surface area contributed by atoms with Crippen LogP contribution in [0.25, 0.3) is 0 Å². The smallest absolute Gasteiger partial charge is 0.315 e. The topological polar surface area (TPSA) is 69.9 Å². The molecule has 1 aromatic rings. The zero-order chi connectivity index (χ0) is 17.1. The molecule has 0 aliphatic carbocycles. The van der Waals surface area contributed by atoms with Crippen LogP contribution in [-0.4, -0.2) is 60.5 Å². The number of halogens is 1. The lowest BCUT2D eigenvalue weighted by atomic mass is 10.2. The van der Waals surface area contributed by atoms with E-state index >= 15 is 0 Å². The summed E-state index contributed by atoms with van der Waals surface area (Å²) in [6.45, 7) is 3.33. The molecular weight excluding hydrogens is 311 g/mol. The van der Waals surface area contributed by atoms with Gasteiger partial charge in [-0.2, -0.15) is 0 Å². The van der Waals surface area contributed by atoms with E-state index in [4.69, 9.17) is 5.73 Å². The van der Waals surface area contributed by atoms with Gasteiger partial charge in [-0.25, -0.2) is 9.18 Å². The molecule has 3 amide bonds. The van der Waals surface area contributed by atoms with E-state index in [0.717, 1.165) is 25.1 Å². The maximum atomic E-state index is 13.1. The molecule has 2 aliphatic rings. The van der Waals surface area contributed by atoms with E-state index in [1.54, 1.807) is 12.1 Å². The average molecular weight is 334 g/mol. The number of likely N-dealkylation sites (tertiary alicyclic amines) is 1. The quantitative estimate of drug-likeness (QED) is 0.889. The highest BCUT2D eigenvalue weighted by molar-refractivity contribution is 5.87. The second kappa shape index (κ2) is 7.07. The van der Waals surface area contributed by atoms with Gasteiger partial charge in [-0.15, -0.1) is 0 Å². The molecule has 3 rings (SSSR count). The highest BCUT2D eigenvalue weighted by atomic mass is 19.1. The Morgan fingerprint density at radius 1 is 1.00 bits per heavy atom. The van der Waals surface area contributed by atoms with Gasteiger partial charge in [-0.05, 0) is 43.5 Å². The third kappa shape index (κ3) is 3.44. The lowest BCUT2D eigenvalue weighted by molar-refractivity contribution is -0.134. The summed E-state index contributed by atoms with van der Waals surface area (Å²) in [6.07, 6.45) is 2.33. The van der Waals surface area contributed by atoms with Crippen molar-refractivity contribution in [3.63, 3.8) is 0 Å². The van der Waals surface area contributed by atoms with Gasteiger partial charge in [0, 0.05) is 38.4 Å². The normalized spacial score (nSPS) is 21.7. The Morgan fingerprint density at radius 2 is 1.75 bits per heavy atom. The molecular formula is C17H23FN4O2. The maximum Gasteiger partial charge on any atom is 0.315 e. The van der Waals surface area contributed by atoms with Crippen LogP contribution in [0.1, 0.15) is 19.3 Å². The minimum absolute atomic E-state index is 0.00717. The lowest BCUT2D eigenvalue weighted by Gasteiger charge is -2.29. The van der Waals surface area contributed by atoms with E-state index in [2.05, 4.69) is 4.90 Å². The first-order chi connectivity index (χ1) is 11.6. The summed E-state index contributed by atoms with van der Waals surface area (Å²) < 4.78 is 13.1. The Kier molecular flexibility index (Phi) is 4.87. The van der Waals surface area contributed by atoms with Gasteiger partial charge in [0.2, 0.25) is 5.91 Å². The fourth-order valence-electron chi connectivity index (χ4n) is 3.55. The number of amides is 3. The Labute approximate surface area is 141 Å². The number of hydrogen-bond acceptors (Lipinski definition) is 3. The average Bonchev–Trinajstić information content (AvgIpc) is 2.94.